The lowest BCUT2D eigenvalue weighted by atomic mass is 10.2. The quantitative estimate of drug-likeness (QED) is 0.584. The van der Waals surface area contributed by atoms with E-state index in [0.717, 1.165) is 59.6 Å². The molecule has 1 N–H and O–H groups in total. The van der Waals surface area contributed by atoms with Crippen LogP contribution >= 0.6 is 11.8 Å². The number of carbonyl (C=O) groups is 1. The molecule has 158 valence electrons. The number of benzene rings is 2. The predicted molar refractivity (Wildman–Crippen MR) is 120 cm³/mol. The second-order valence-electron chi connectivity index (χ2n) is 7.01. The number of fused-ring (bicyclic) bond motifs is 1. The van der Waals surface area contributed by atoms with E-state index in [1.54, 1.807) is 7.11 Å². The number of aromatic amines is 1. The Bertz CT molecular complexity index is 997. The Balaban J connectivity index is 1.29. The lowest BCUT2D eigenvalue weighted by molar-refractivity contribution is -0.128. The van der Waals surface area contributed by atoms with Crippen molar-refractivity contribution in [1.82, 2.24) is 14.9 Å². The molecule has 4 rings (SSSR count). The maximum absolute atomic E-state index is 12.7. The minimum atomic E-state index is 0.143. The monoisotopic (exact) mass is 426 g/mol. The molecule has 7 nitrogen and oxygen atoms in total. The molecule has 2 aromatic carbocycles. The Morgan fingerprint density at radius 2 is 1.83 bits per heavy atom. The molecule has 2 heterocycles. The van der Waals surface area contributed by atoms with Crippen LogP contribution in [0.4, 0.5) is 5.69 Å². The number of H-pyrrole nitrogens is 1. The minimum Gasteiger partial charge on any atom is -0.497 e. The van der Waals surface area contributed by atoms with Crippen LogP contribution in [0.2, 0.25) is 0 Å². The summed E-state index contributed by atoms with van der Waals surface area (Å²) in [6.45, 7) is 5.69. The zero-order chi connectivity index (χ0) is 20.9. The molecule has 1 aromatic heterocycles. The molecule has 0 radical (unpaired) electrons. The van der Waals surface area contributed by atoms with Gasteiger partial charge in [0.05, 0.1) is 30.5 Å². The van der Waals surface area contributed by atoms with Crippen molar-refractivity contribution < 1.29 is 14.3 Å². The lowest BCUT2D eigenvalue weighted by Crippen LogP contribution is -2.49. The third kappa shape index (κ3) is 4.64. The maximum atomic E-state index is 12.7. The topological polar surface area (TPSA) is 70.7 Å². The highest BCUT2D eigenvalue weighted by molar-refractivity contribution is 7.99. The van der Waals surface area contributed by atoms with Crippen LogP contribution in [0.5, 0.6) is 11.5 Å². The van der Waals surface area contributed by atoms with Crippen molar-refractivity contribution in [3.05, 3.63) is 42.5 Å². The first-order valence-electron chi connectivity index (χ1n) is 10.1. The second-order valence-corrected chi connectivity index (χ2v) is 7.97. The van der Waals surface area contributed by atoms with Crippen molar-refractivity contribution >= 4 is 34.4 Å². The molecule has 0 atom stereocenters. The average molecular weight is 427 g/mol. The second kappa shape index (κ2) is 9.30. The van der Waals surface area contributed by atoms with Gasteiger partial charge in [-0.3, -0.25) is 4.79 Å². The number of nitrogens with one attached hydrogen (secondary N) is 1. The van der Waals surface area contributed by atoms with Gasteiger partial charge in [0, 0.05) is 37.9 Å². The number of amides is 1. The summed E-state index contributed by atoms with van der Waals surface area (Å²) in [6, 6.07) is 13.8. The van der Waals surface area contributed by atoms with Gasteiger partial charge < -0.3 is 24.3 Å². The number of ether oxygens (including phenoxy) is 2. The van der Waals surface area contributed by atoms with E-state index < -0.39 is 0 Å². The van der Waals surface area contributed by atoms with Crippen molar-refractivity contribution in [3.63, 3.8) is 0 Å². The third-order valence-corrected chi connectivity index (χ3v) is 6.00. The first kappa shape index (κ1) is 20.4. The van der Waals surface area contributed by atoms with Gasteiger partial charge in [0.25, 0.3) is 0 Å². The van der Waals surface area contributed by atoms with Crippen LogP contribution in [-0.4, -0.2) is 66.4 Å². The number of imidazole rings is 1. The summed E-state index contributed by atoms with van der Waals surface area (Å²) < 4.78 is 10.7. The first-order valence-corrected chi connectivity index (χ1v) is 11.1. The van der Waals surface area contributed by atoms with Crippen LogP contribution < -0.4 is 14.4 Å². The fraction of sp³-hybridized carbons (Fsp3) is 0.364. The van der Waals surface area contributed by atoms with Gasteiger partial charge in [-0.25, -0.2) is 4.98 Å². The van der Waals surface area contributed by atoms with E-state index in [4.69, 9.17) is 9.47 Å². The summed E-state index contributed by atoms with van der Waals surface area (Å²) in [5.74, 6) is 2.19. The normalized spacial score (nSPS) is 14.2. The minimum absolute atomic E-state index is 0.143. The van der Waals surface area contributed by atoms with Gasteiger partial charge in [-0.15, -0.1) is 0 Å². The SMILES string of the molecule is CCOc1ccc2nc(SCC(=O)N3CCN(c4ccc(OC)cc4)CC3)[nH]c2c1. The van der Waals surface area contributed by atoms with Gasteiger partial charge in [0.2, 0.25) is 5.91 Å². The smallest absolute Gasteiger partial charge is 0.233 e. The van der Waals surface area contributed by atoms with E-state index in [-0.39, 0.29) is 5.91 Å². The lowest BCUT2D eigenvalue weighted by Gasteiger charge is -2.36. The number of aromatic nitrogens is 2. The van der Waals surface area contributed by atoms with E-state index in [2.05, 4.69) is 27.0 Å². The van der Waals surface area contributed by atoms with Crippen molar-refractivity contribution in [2.75, 3.05) is 50.5 Å². The first-order chi connectivity index (χ1) is 14.7. The Labute approximate surface area is 180 Å². The van der Waals surface area contributed by atoms with E-state index in [1.807, 2.05) is 42.2 Å². The molecular formula is C22H26N4O3S. The van der Waals surface area contributed by atoms with Crippen molar-refractivity contribution in [2.45, 2.75) is 12.1 Å². The average Bonchev–Trinajstić information content (AvgIpc) is 3.20. The van der Waals surface area contributed by atoms with Gasteiger partial charge in [0.1, 0.15) is 11.5 Å². The van der Waals surface area contributed by atoms with Gasteiger partial charge in [-0.05, 0) is 43.3 Å². The van der Waals surface area contributed by atoms with Gasteiger partial charge in [-0.1, -0.05) is 11.8 Å². The summed E-state index contributed by atoms with van der Waals surface area (Å²) in [5, 5.41) is 0.754. The number of carbonyl (C=O) groups excluding carboxylic acids is 1. The Hall–Kier alpha value is -2.87. The summed E-state index contributed by atoms with van der Waals surface area (Å²) in [5.41, 5.74) is 2.96. The summed E-state index contributed by atoms with van der Waals surface area (Å²) in [4.78, 5) is 24.7. The summed E-state index contributed by atoms with van der Waals surface area (Å²) in [7, 11) is 1.67. The van der Waals surface area contributed by atoms with Crippen LogP contribution in [0.15, 0.2) is 47.6 Å². The number of hydrogen-bond acceptors (Lipinski definition) is 6. The molecule has 0 saturated carbocycles. The highest BCUT2D eigenvalue weighted by atomic mass is 32.2. The van der Waals surface area contributed by atoms with E-state index in [1.165, 1.54) is 11.8 Å². The number of nitrogens with zero attached hydrogens (tertiary/aromatic N) is 3. The van der Waals surface area contributed by atoms with E-state index in [9.17, 15) is 4.79 Å². The molecule has 1 aliphatic rings. The van der Waals surface area contributed by atoms with Crippen molar-refractivity contribution in [2.24, 2.45) is 0 Å². The van der Waals surface area contributed by atoms with Gasteiger partial charge in [-0.2, -0.15) is 0 Å². The number of methoxy groups -OCH3 is 1. The molecule has 3 aromatic rings. The molecular weight excluding hydrogens is 400 g/mol. The Morgan fingerprint density at radius 1 is 1.10 bits per heavy atom. The zero-order valence-corrected chi connectivity index (χ0v) is 18.1. The Kier molecular flexibility index (Phi) is 6.32. The van der Waals surface area contributed by atoms with Gasteiger partial charge in [0.15, 0.2) is 5.16 Å². The number of thioether (sulfide) groups is 1. The van der Waals surface area contributed by atoms with Crippen LogP contribution in [0, 0.1) is 0 Å². The van der Waals surface area contributed by atoms with E-state index >= 15 is 0 Å². The molecule has 1 saturated heterocycles. The fourth-order valence-corrected chi connectivity index (χ4v) is 4.31. The molecule has 1 amide bonds. The zero-order valence-electron chi connectivity index (χ0n) is 17.3. The van der Waals surface area contributed by atoms with Crippen LogP contribution in [0.25, 0.3) is 11.0 Å². The molecule has 0 unspecified atom stereocenters. The number of anilines is 1. The van der Waals surface area contributed by atoms with Gasteiger partial charge >= 0.3 is 0 Å². The molecule has 0 aliphatic carbocycles. The fourth-order valence-electron chi connectivity index (χ4n) is 3.52. The van der Waals surface area contributed by atoms with Crippen LogP contribution in [0.3, 0.4) is 0 Å². The largest absolute Gasteiger partial charge is 0.497 e. The Morgan fingerprint density at radius 3 is 2.53 bits per heavy atom. The summed E-state index contributed by atoms with van der Waals surface area (Å²) in [6.07, 6.45) is 0. The third-order valence-electron chi connectivity index (χ3n) is 5.14. The molecule has 0 spiro atoms. The van der Waals surface area contributed by atoms with Crippen LogP contribution in [-0.2, 0) is 4.79 Å². The van der Waals surface area contributed by atoms with Crippen molar-refractivity contribution in [3.8, 4) is 11.5 Å². The molecule has 0 bridgehead atoms. The number of rotatable bonds is 7. The summed E-state index contributed by atoms with van der Waals surface area (Å²) >= 11 is 1.44. The van der Waals surface area contributed by atoms with E-state index in [0.29, 0.717) is 12.4 Å². The van der Waals surface area contributed by atoms with Crippen LogP contribution in [0.1, 0.15) is 6.92 Å². The molecule has 1 fully saturated rings. The number of piperazine rings is 1. The molecule has 1 aliphatic heterocycles. The highest BCUT2D eigenvalue weighted by Gasteiger charge is 2.21. The van der Waals surface area contributed by atoms with Crippen molar-refractivity contribution in [1.29, 1.82) is 0 Å². The predicted octanol–water partition coefficient (Wildman–Crippen LogP) is 3.41. The maximum Gasteiger partial charge on any atom is 0.233 e. The molecule has 8 heteroatoms. The standard InChI is InChI=1S/C22H26N4O3S/c1-3-29-18-8-9-19-20(14-18)24-22(23-19)30-15-21(27)26-12-10-25(11-13-26)16-4-6-17(28-2)7-5-16/h4-9,14H,3,10-13,15H2,1-2H3,(H,23,24). The highest BCUT2D eigenvalue weighted by Crippen LogP contribution is 2.24. The number of hydrogen-bond donors (Lipinski definition) is 1. The molecule has 30 heavy (non-hydrogen) atoms.